The number of rotatable bonds is 11. The summed E-state index contributed by atoms with van der Waals surface area (Å²) in [6, 6.07) is 7.70. The van der Waals surface area contributed by atoms with Gasteiger partial charge in [0.05, 0.1) is 26.1 Å². The van der Waals surface area contributed by atoms with Crippen molar-refractivity contribution in [3.8, 4) is 5.75 Å². The van der Waals surface area contributed by atoms with Gasteiger partial charge in [-0.3, -0.25) is 14.4 Å². The van der Waals surface area contributed by atoms with E-state index in [1.807, 2.05) is 49.9 Å². The number of esters is 1. The summed E-state index contributed by atoms with van der Waals surface area (Å²) in [5, 5.41) is 2.95. The number of carbonyl (C=O) groups excluding carboxylic acids is 4. The molecule has 10 nitrogen and oxygen atoms in total. The predicted octanol–water partition coefficient (Wildman–Crippen LogP) is 4.20. The van der Waals surface area contributed by atoms with Crippen LogP contribution < -0.4 is 10.1 Å². The summed E-state index contributed by atoms with van der Waals surface area (Å²) in [4.78, 5) is 54.4. The number of likely N-dealkylation sites (tertiary alicyclic amines) is 2. The summed E-state index contributed by atoms with van der Waals surface area (Å²) in [6.07, 6.45) is 5.34. The van der Waals surface area contributed by atoms with Gasteiger partial charge in [-0.15, -0.1) is 0 Å². The Balaban J connectivity index is 1.41. The van der Waals surface area contributed by atoms with Gasteiger partial charge in [-0.2, -0.15) is 0 Å². The molecule has 0 saturated carbocycles. The second-order valence-corrected chi connectivity index (χ2v) is 12.5. The van der Waals surface area contributed by atoms with E-state index in [4.69, 9.17) is 14.2 Å². The largest absolute Gasteiger partial charge is 0.497 e. The summed E-state index contributed by atoms with van der Waals surface area (Å²) in [5.41, 5.74) is 0.536. The molecule has 0 radical (unpaired) electrons. The van der Waals surface area contributed by atoms with Crippen molar-refractivity contribution in [2.24, 2.45) is 17.8 Å². The first-order chi connectivity index (χ1) is 20.0. The number of aryl methyl sites for hydroxylation is 1. The first kappa shape index (κ1) is 33.2. The molecule has 0 aromatic heterocycles. The molecule has 2 aliphatic heterocycles. The van der Waals surface area contributed by atoms with E-state index in [2.05, 4.69) is 5.32 Å². The lowest BCUT2D eigenvalue weighted by Gasteiger charge is -2.34. The lowest BCUT2D eigenvalue weighted by Crippen LogP contribution is -2.46. The molecule has 2 saturated heterocycles. The molecule has 2 aliphatic rings. The fourth-order valence-corrected chi connectivity index (χ4v) is 5.64. The minimum absolute atomic E-state index is 0.0767. The summed E-state index contributed by atoms with van der Waals surface area (Å²) >= 11 is 0. The third-order valence-electron chi connectivity index (χ3n) is 8.15. The molecule has 1 aromatic rings. The van der Waals surface area contributed by atoms with Crippen LogP contribution in [0.2, 0.25) is 0 Å². The van der Waals surface area contributed by atoms with E-state index < -0.39 is 11.5 Å². The van der Waals surface area contributed by atoms with Crippen LogP contribution in [0.15, 0.2) is 24.3 Å². The highest BCUT2D eigenvalue weighted by atomic mass is 16.6. The van der Waals surface area contributed by atoms with E-state index >= 15 is 0 Å². The molecular formula is C32H49N3O7. The van der Waals surface area contributed by atoms with Crippen LogP contribution in [0.3, 0.4) is 0 Å². The summed E-state index contributed by atoms with van der Waals surface area (Å²) in [7, 11) is 2.97. The molecule has 10 heteroatoms. The summed E-state index contributed by atoms with van der Waals surface area (Å²) in [6.45, 7) is 8.13. The van der Waals surface area contributed by atoms with E-state index in [0.717, 1.165) is 37.0 Å². The van der Waals surface area contributed by atoms with Gasteiger partial charge in [-0.1, -0.05) is 12.1 Å². The smallest absolute Gasteiger partial charge is 0.410 e. The second kappa shape index (κ2) is 15.8. The SMILES string of the molecule is COC(=O)[C@H](CCc1cccc(OC)c1)CNC(=O)[C@@H]1CCCN(C(=O)CCC2CCN(C(=O)OC(C)(C)C)CC2)C1. The number of amides is 3. The topological polar surface area (TPSA) is 114 Å². The maximum atomic E-state index is 13.1. The van der Waals surface area contributed by atoms with Gasteiger partial charge in [-0.05, 0) is 89.3 Å². The number of carbonyl (C=O) groups is 4. The molecule has 3 amide bonds. The van der Waals surface area contributed by atoms with Crippen molar-refractivity contribution in [1.82, 2.24) is 15.1 Å². The minimum Gasteiger partial charge on any atom is -0.497 e. The Morgan fingerprint density at radius 1 is 1.02 bits per heavy atom. The van der Waals surface area contributed by atoms with Crippen LogP contribution in [0.25, 0.3) is 0 Å². The van der Waals surface area contributed by atoms with Gasteiger partial charge < -0.3 is 29.3 Å². The number of nitrogens with zero attached hydrogens (tertiary/aromatic N) is 2. The summed E-state index contributed by atoms with van der Waals surface area (Å²) in [5.74, 6) is -0.00974. The van der Waals surface area contributed by atoms with Crippen molar-refractivity contribution in [3.63, 3.8) is 0 Å². The Bertz CT molecular complexity index is 1060. The molecular weight excluding hydrogens is 538 g/mol. The van der Waals surface area contributed by atoms with E-state index in [9.17, 15) is 19.2 Å². The van der Waals surface area contributed by atoms with Crippen LogP contribution in [0.4, 0.5) is 4.79 Å². The van der Waals surface area contributed by atoms with Crippen LogP contribution in [0.1, 0.15) is 71.3 Å². The quantitative estimate of drug-likeness (QED) is 0.386. The third-order valence-corrected chi connectivity index (χ3v) is 8.15. The number of benzene rings is 1. The highest BCUT2D eigenvalue weighted by Gasteiger charge is 2.31. The van der Waals surface area contributed by atoms with Crippen molar-refractivity contribution < 1.29 is 33.4 Å². The Morgan fingerprint density at radius 2 is 1.76 bits per heavy atom. The molecule has 2 heterocycles. The molecule has 42 heavy (non-hydrogen) atoms. The maximum Gasteiger partial charge on any atom is 0.410 e. The standard InChI is InChI=1S/C32H49N3O7/c1-32(2,3)42-31(39)34-18-15-23(16-19-34)12-14-28(36)35-17-7-9-26(22-35)29(37)33-21-25(30(38)41-5)13-11-24-8-6-10-27(20-24)40-4/h6,8,10,20,23,25-26H,7,9,11-19,21-22H2,1-5H3,(H,33,37)/t25-,26-/m1/s1. The van der Waals surface area contributed by atoms with Crippen molar-refractivity contribution in [3.05, 3.63) is 29.8 Å². The zero-order valence-corrected chi connectivity index (χ0v) is 26.0. The number of piperidine rings is 2. The number of hydrogen-bond donors (Lipinski definition) is 1. The van der Waals surface area contributed by atoms with Gasteiger partial charge >= 0.3 is 12.1 Å². The van der Waals surface area contributed by atoms with Crippen LogP contribution in [0, 0.1) is 17.8 Å². The van der Waals surface area contributed by atoms with Gasteiger partial charge in [0.2, 0.25) is 11.8 Å². The van der Waals surface area contributed by atoms with Gasteiger partial charge in [0.1, 0.15) is 11.4 Å². The molecule has 1 N–H and O–H groups in total. The van der Waals surface area contributed by atoms with Crippen LogP contribution in [0.5, 0.6) is 5.75 Å². The lowest BCUT2D eigenvalue weighted by molar-refractivity contribution is -0.145. The molecule has 3 rings (SSSR count). The molecule has 0 spiro atoms. The fraction of sp³-hybridized carbons (Fsp3) is 0.688. The number of hydrogen-bond acceptors (Lipinski definition) is 7. The Labute approximate surface area is 250 Å². The van der Waals surface area contributed by atoms with Gasteiger partial charge in [0.25, 0.3) is 0 Å². The fourth-order valence-electron chi connectivity index (χ4n) is 5.64. The van der Waals surface area contributed by atoms with Crippen LogP contribution in [-0.4, -0.2) is 86.2 Å². The Hall–Kier alpha value is -3.30. The zero-order chi connectivity index (χ0) is 30.7. The molecule has 0 unspecified atom stereocenters. The molecule has 1 aromatic carbocycles. The van der Waals surface area contributed by atoms with Crippen molar-refractivity contribution >= 4 is 23.9 Å². The Morgan fingerprint density at radius 3 is 2.43 bits per heavy atom. The van der Waals surface area contributed by atoms with Crippen LogP contribution in [-0.2, 0) is 30.3 Å². The first-order valence-electron chi connectivity index (χ1n) is 15.2. The van der Waals surface area contributed by atoms with Gasteiger partial charge in [0.15, 0.2) is 0 Å². The number of ether oxygens (including phenoxy) is 3. The van der Waals surface area contributed by atoms with Gasteiger partial charge in [-0.25, -0.2) is 4.79 Å². The van der Waals surface area contributed by atoms with Crippen LogP contribution >= 0.6 is 0 Å². The normalized spacial score (nSPS) is 18.6. The predicted molar refractivity (Wildman–Crippen MR) is 159 cm³/mol. The molecule has 2 fully saturated rings. The maximum absolute atomic E-state index is 13.1. The molecule has 0 aliphatic carbocycles. The van der Waals surface area contributed by atoms with E-state index in [-0.39, 0.29) is 36.3 Å². The van der Waals surface area contributed by atoms with E-state index in [1.54, 1.807) is 12.0 Å². The van der Waals surface area contributed by atoms with Crippen molar-refractivity contribution in [1.29, 1.82) is 0 Å². The van der Waals surface area contributed by atoms with E-state index in [1.165, 1.54) is 7.11 Å². The average molecular weight is 588 g/mol. The average Bonchev–Trinajstić information content (AvgIpc) is 2.98. The molecule has 2 atom stereocenters. The second-order valence-electron chi connectivity index (χ2n) is 12.5. The zero-order valence-electron chi connectivity index (χ0n) is 26.0. The lowest BCUT2D eigenvalue weighted by atomic mass is 9.91. The monoisotopic (exact) mass is 587 g/mol. The first-order valence-corrected chi connectivity index (χ1v) is 15.2. The highest BCUT2D eigenvalue weighted by Crippen LogP contribution is 2.25. The molecule has 0 bridgehead atoms. The highest BCUT2D eigenvalue weighted by molar-refractivity contribution is 5.82. The van der Waals surface area contributed by atoms with Crippen molar-refractivity contribution in [2.75, 3.05) is 46.9 Å². The number of nitrogens with one attached hydrogen (secondary N) is 1. The van der Waals surface area contributed by atoms with E-state index in [0.29, 0.717) is 57.8 Å². The molecule has 234 valence electrons. The number of methoxy groups -OCH3 is 2. The van der Waals surface area contributed by atoms with Gasteiger partial charge in [0, 0.05) is 39.1 Å². The third kappa shape index (κ3) is 10.5. The Kier molecular flexibility index (Phi) is 12.5. The minimum atomic E-state index is -0.510. The van der Waals surface area contributed by atoms with Crippen molar-refractivity contribution in [2.45, 2.75) is 77.7 Å². The summed E-state index contributed by atoms with van der Waals surface area (Å²) < 4.78 is 15.7.